The Morgan fingerprint density at radius 3 is 2.41 bits per heavy atom. The molecular weight excluding hydrogens is 416 g/mol. The molecule has 166 valence electrons. The van der Waals surface area contributed by atoms with Crippen LogP contribution in [0.2, 0.25) is 0 Å². The van der Waals surface area contributed by atoms with Crippen LogP contribution in [0, 0.1) is 6.92 Å². The molecular formula is C23H22N2O7. The summed E-state index contributed by atoms with van der Waals surface area (Å²) >= 11 is 0. The van der Waals surface area contributed by atoms with Gasteiger partial charge in [0.1, 0.15) is 5.57 Å². The number of methoxy groups -OCH3 is 1. The second kappa shape index (κ2) is 9.78. The van der Waals surface area contributed by atoms with Gasteiger partial charge in [0.2, 0.25) is 0 Å². The van der Waals surface area contributed by atoms with E-state index in [-0.39, 0.29) is 12.2 Å². The van der Waals surface area contributed by atoms with Crippen molar-refractivity contribution in [2.75, 3.05) is 25.2 Å². The first-order valence-electron chi connectivity index (χ1n) is 9.78. The number of aryl methyl sites for hydroxylation is 1. The Balaban J connectivity index is 1.92. The smallest absolute Gasteiger partial charge is 0.343 e. The minimum atomic E-state index is -0.817. The summed E-state index contributed by atoms with van der Waals surface area (Å²) in [6.07, 6.45) is 1.36. The Labute approximate surface area is 184 Å². The van der Waals surface area contributed by atoms with E-state index >= 15 is 0 Å². The van der Waals surface area contributed by atoms with Gasteiger partial charge < -0.3 is 14.2 Å². The number of anilines is 1. The average Bonchev–Trinajstić information content (AvgIpc) is 2.77. The van der Waals surface area contributed by atoms with Gasteiger partial charge >= 0.3 is 12.0 Å². The van der Waals surface area contributed by atoms with E-state index in [1.807, 2.05) is 6.92 Å². The first-order valence-corrected chi connectivity index (χ1v) is 9.78. The van der Waals surface area contributed by atoms with Gasteiger partial charge in [0.25, 0.3) is 11.8 Å². The summed E-state index contributed by atoms with van der Waals surface area (Å²) in [5.74, 6) is -1.47. The number of urea groups is 1. The highest BCUT2D eigenvalue weighted by molar-refractivity contribution is 6.39. The Bertz CT molecular complexity index is 1090. The van der Waals surface area contributed by atoms with Crippen LogP contribution in [0.15, 0.2) is 48.0 Å². The Kier molecular flexibility index (Phi) is 6.89. The molecule has 0 radical (unpaired) electrons. The summed E-state index contributed by atoms with van der Waals surface area (Å²) in [5, 5.41) is 2.19. The van der Waals surface area contributed by atoms with Gasteiger partial charge in [0, 0.05) is 0 Å². The summed E-state index contributed by atoms with van der Waals surface area (Å²) in [5.41, 5.74) is 1.56. The van der Waals surface area contributed by atoms with E-state index in [1.54, 1.807) is 49.4 Å². The van der Waals surface area contributed by atoms with E-state index in [0.29, 0.717) is 29.4 Å². The van der Waals surface area contributed by atoms with E-state index < -0.39 is 23.8 Å². The van der Waals surface area contributed by atoms with Gasteiger partial charge in [0.15, 0.2) is 18.1 Å². The number of nitrogens with one attached hydrogen (secondary N) is 1. The molecule has 32 heavy (non-hydrogen) atoms. The Hall–Kier alpha value is -4.14. The van der Waals surface area contributed by atoms with Crippen LogP contribution >= 0.6 is 0 Å². The fourth-order valence-electron chi connectivity index (χ4n) is 2.95. The molecule has 4 amide bonds. The Morgan fingerprint density at radius 1 is 1.03 bits per heavy atom. The lowest BCUT2D eigenvalue weighted by Crippen LogP contribution is -2.54. The molecule has 1 saturated heterocycles. The van der Waals surface area contributed by atoms with E-state index in [0.717, 1.165) is 10.5 Å². The van der Waals surface area contributed by atoms with E-state index in [2.05, 4.69) is 10.1 Å². The lowest BCUT2D eigenvalue weighted by molar-refractivity contribution is -0.143. The molecule has 0 unspecified atom stereocenters. The maximum Gasteiger partial charge on any atom is 0.343 e. The number of rotatable bonds is 7. The van der Waals surface area contributed by atoms with Crippen LogP contribution in [-0.4, -0.2) is 44.1 Å². The second-order valence-electron chi connectivity index (χ2n) is 6.80. The summed E-state index contributed by atoms with van der Waals surface area (Å²) in [4.78, 5) is 49.9. The maximum atomic E-state index is 13.0. The minimum Gasteiger partial charge on any atom is -0.490 e. The number of esters is 1. The third kappa shape index (κ3) is 4.94. The number of hydrogen-bond donors (Lipinski definition) is 1. The molecule has 0 atom stereocenters. The monoisotopic (exact) mass is 438 g/mol. The van der Waals surface area contributed by atoms with Crippen molar-refractivity contribution < 1.29 is 33.4 Å². The highest BCUT2D eigenvalue weighted by Gasteiger charge is 2.36. The molecule has 2 aromatic rings. The van der Waals surface area contributed by atoms with Crippen molar-refractivity contribution in [3.8, 4) is 11.5 Å². The summed E-state index contributed by atoms with van der Waals surface area (Å²) in [7, 11) is 1.25. The largest absolute Gasteiger partial charge is 0.490 e. The quantitative estimate of drug-likeness (QED) is 0.402. The highest BCUT2D eigenvalue weighted by atomic mass is 16.6. The van der Waals surface area contributed by atoms with Gasteiger partial charge in [0.05, 0.1) is 19.4 Å². The van der Waals surface area contributed by atoms with Crippen LogP contribution < -0.4 is 19.7 Å². The van der Waals surface area contributed by atoms with Crippen LogP contribution in [0.5, 0.6) is 11.5 Å². The first-order chi connectivity index (χ1) is 15.3. The number of benzene rings is 2. The number of carbonyl (C=O) groups is 4. The third-order valence-electron chi connectivity index (χ3n) is 4.55. The summed E-state index contributed by atoms with van der Waals surface area (Å²) in [6.45, 7) is 3.68. The van der Waals surface area contributed by atoms with Gasteiger partial charge in [-0.2, -0.15) is 0 Å². The lowest BCUT2D eigenvalue weighted by atomic mass is 10.1. The molecule has 1 aliphatic heterocycles. The normalized spacial score (nSPS) is 14.9. The topological polar surface area (TPSA) is 111 Å². The van der Waals surface area contributed by atoms with Crippen LogP contribution in [-0.2, 0) is 19.1 Å². The van der Waals surface area contributed by atoms with E-state index in [4.69, 9.17) is 9.47 Å². The Morgan fingerprint density at radius 2 is 1.75 bits per heavy atom. The highest BCUT2D eigenvalue weighted by Crippen LogP contribution is 2.30. The molecule has 1 aliphatic rings. The standard InChI is InChI=1S/C23H22N2O7/c1-4-31-19-12-15(7-10-18(19)32-13-20(26)30-3)11-17-21(27)24-23(29)25(22(17)28)16-8-5-14(2)6-9-16/h5-12H,4,13H2,1-3H3,(H,24,27,29)/b17-11+. The predicted molar refractivity (Wildman–Crippen MR) is 115 cm³/mol. The van der Waals surface area contributed by atoms with Crippen LogP contribution in [0.3, 0.4) is 0 Å². The van der Waals surface area contributed by atoms with Crippen LogP contribution in [0.4, 0.5) is 10.5 Å². The molecule has 0 spiro atoms. The number of nitrogens with zero attached hydrogens (tertiary/aromatic N) is 1. The number of carbonyl (C=O) groups excluding carboxylic acids is 4. The minimum absolute atomic E-state index is 0.212. The van der Waals surface area contributed by atoms with Gasteiger partial charge in [-0.25, -0.2) is 14.5 Å². The van der Waals surface area contributed by atoms with Gasteiger partial charge in [-0.1, -0.05) is 23.8 Å². The molecule has 1 N–H and O–H groups in total. The van der Waals surface area contributed by atoms with Gasteiger partial charge in [-0.3, -0.25) is 14.9 Å². The molecule has 9 nitrogen and oxygen atoms in total. The molecule has 9 heteroatoms. The first kappa shape index (κ1) is 22.5. The number of ether oxygens (including phenoxy) is 3. The van der Waals surface area contributed by atoms with Crippen molar-refractivity contribution in [3.63, 3.8) is 0 Å². The van der Waals surface area contributed by atoms with Crippen LogP contribution in [0.25, 0.3) is 6.08 Å². The van der Waals surface area contributed by atoms with E-state index in [9.17, 15) is 19.2 Å². The number of barbiturate groups is 1. The zero-order valence-electron chi connectivity index (χ0n) is 17.8. The second-order valence-corrected chi connectivity index (χ2v) is 6.80. The molecule has 1 heterocycles. The van der Waals surface area contributed by atoms with Crippen molar-refractivity contribution in [2.45, 2.75) is 13.8 Å². The average molecular weight is 438 g/mol. The van der Waals surface area contributed by atoms with Crippen molar-refractivity contribution in [1.29, 1.82) is 0 Å². The summed E-state index contributed by atoms with van der Waals surface area (Å²) < 4.78 is 15.5. The predicted octanol–water partition coefficient (Wildman–Crippen LogP) is 2.61. The molecule has 3 rings (SSSR count). The van der Waals surface area contributed by atoms with Crippen molar-refractivity contribution in [2.24, 2.45) is 0 Å². The lowest BCUT2D eigenvalue weighted by Gasteiger charge is -2.26. The fourth-order valence-corrected chi connectivity index (χ4v) is 2.95. The molecule has 0 bridgehead atoms. The molecule has 0 aliphatic carbocycles. The van der Waals surface area contributed by atoms with Crippen molar-refractivity contribution in [1.82, 2.24) is 5.32 Å². The molecule has 0 aromatic heterocycles. The summed E-state index contributed by atoms with van der Waals surface area (Å²) in [6, 6.07) is 10.7. The maximum absolute atomic E-state index is 13.0. The zero-order chi connectivity index (χ0) is 23.3. The van der Waals surface area contributed by atoms with Crippen LogP contribution in [0.1, 0.15) is 18.1 Å². The molecule has 2 aromatic carbocycles. The van der Waals surface area contributed by atoms with Gasteiger partial charge in [-0.15, -0.1) is 0 Å². The zero-order valence-corrected chi connectivity index (χ0v) is 17.8. The fraction of sp³-hybridized carbons (Fsp3) is 0.217. The molecule has 1 fully saturated rings. The third-order valence-corrected chi connectivity index (χ3v) is 4.55. The number of imide groups is 2. The SMILES string of the molecule is CCOc1cc(/C=C2\C(=O)NC(=O)N(c3ccc(C)cc3)C2=O)ccc1OCC(=O)OC. The number of hydrogen-bond acceptors (Lipinski definition) is 7. The van der Waals surface area contributed by atoms with Crippen molar-refractivity contribution in [3.05, 3.63) is 59.2 Å². The van der Waals surface area contributed by atoms with Crippen molar-refractivity contribution >= 4 is 35.6 Å². The van der Waals surface area contributed by atoms with E-state index in [1.165, 1.54) is 13.2 Å². The number of amides is 4. The molecule has 0 saturated carbocycles. The van der Waals surface area contributed by atoms with Gasteiger partial charge in [-0.05, 0) is 49.8 Å².